The number of nitrogens with two attached hydrogens (primary N) is 1. The smallest absolute Gasteiger partial charge is 0.338 e. The fourth-order valence-electron chi connectivity index (χ4n) is 2.54. The lowest BCUT2D eigenvalue weighted by molar-refractivity contribution is 0.328. The summed E-state index contributed by atoms with van der Waals surface area (Å²) in [6.07, 6.45) is 0. The van der Waals surface area contributed by atoms with E-state index in [1.54, 1.807) is 18.7 Å². The van der Waals surface area contributed by atoms with Gasteiger partial charge < -0.3 is 16.0 Å². The zero-order chi connectivity index (χ0) is 20.9. The number of anilines is 2. The van der Waals surface area contributed by atoms with Crippen molar-refractivity contribution in [3.8, 4) is 0 Å². The standard InChI is InChI=1S/C16H22N8O2S3/c1-12-22-29(25,26)24(11-23(12)14-5-3-2-4-6-14)19-7-8-27-9-13-10-28-16(20-13)21-15(17)18/h2-6,10,19H,7-9,11H2,1H3,(H4,17,18,20,21). The third kappa shape index (κ3) is 5.90. The fourth-order valence-corrected chi connectivity index (χ4v) is 5.15. The Morgan fingerprint density at radius 2 is 2.14 bits per heavy atom. The first-order valence-electron chi connectivity index (χ1n) is 8.63. The first kappa shape index (κ1) is 21.5. The monoisotopic (exact) mass is 454 g/mol. The maximum absolute atomic E-state index is 12.3. The quantitative estimate of drug-likeness (QED) is 0.268. The number of hydrogen-bond acceptors (Lipinski definition) is 8. The molecule has 1 aromatic heterocycles. The number of aromatic nitrogens is 1. The van der Waals surface area contributed by atoms with E-state index in [9.17, 15) is 8.42 Å². The molecule has 156 valence electrons. The van der Waals surface area contributed by atoms with Crippen molar-refractivity contribution < 1.29 is 8.42 Å². The number of hydrogen-bond donors (Lipinski definition) is 4. The molecule has 0 unspecified atom stereocenters. The Morgan fingerprint density at radius 1 is 1.38 bits per heavy atom. The summed E-state index contributed by atoms with van der Waals surface area (Å²) in [5.74, 6) is 1.65. The second-order valence-electron chi connectivity index (χ2n) is 6.01. The number of para-hydroxylation sites is 1. The molecule has 0 aliphatic carbocycles. The van der Waals surface area contributed by atoms with Crippen LogP contribution in [0.25, 0.3) is 0 Å². The molecule has 2 heterocycles. The minimum Gasteiger partial charge on any atom is -0.370 e. The summed E-state index contributed by atoms with van der Waals surface area (Å²) in [7, 11) is -3.75. The number of hydrazine groups is 1. The van der Waals surface area contributed by atoms with Crippen LogP contribution in [0, 0.1) is 5.41 Å². The Bertz CT molecular complexity index is 977. The molecule has 1 aliphatic rings. The van der Waals surface area contributed by atoms with Crippen LogP contribution in [-0.4, -0.2) is 48.6 Å². The summed E-state index contributed by atoms with van der Waals surface area (Å²) < 4.78 is 29.7. The van der Waals surface area contributed by atoms with E-state index in [2.05, 4.69) is 20.1 Å². The molecule has 0 saturated heterocycles. The number of nitrogens with one attached hydrogen (secondary N) is 3. The molecule has 3 rings (SSSR count). The van der Waals surface area contributed by atoms with Gasteiger partial charge in [0.25, 0.3) is 0 Å². The molecule has 0 atom stereocenters. The van der Waals surface area contributed by atoms with Crippen LogP contribution in [0.2, 0.25) is 0 Å². The molecule has 5 N–H and O–H groups in total. The van der Waals surface area contributed by atoms with Crippen molar-refractivity contribution in [2.75, 3.05) is 29.2 Å². The van der Waals surface area contributed by atoms with E-state index in [1.807, 2.05) is 40.6 Å². The third-order valence-electron chi connectivity index (χ3n) is 3.83. The number of benzene rings is 1. The van der Waals surface area contributed by atoms with Gasteiger partial charge in [0.1, 0.15) is 12.5 Å². The number of thioether (sulfide) groups is 1. The second kappa shape index (κ2) is 9.54. The Labute approximate surface area is 177 Å². The highest BCUT2D eigenvalue weighted by Crippen LogP contribution is 2.21. The van der Waals surface area contributed by atoms with E-state index in [0.717, 1.165) is 15.8 Å². The molecule has 2 aromatic rings. The van der Waals surface area contributed by atoms with Gasteiger partial charge in [-0.3, -0.25) is 5.41 Å². The van der Waals surface area contributed by atoms with Crippen LogP contribution in [0.5, 0.6) is 0 Å². The van der Waals surface area contributed by atoms with E-state index < -0.39 is 10.2 Å². The lowest BCUT2D eigenvalue weighted by Gasteiger charge is -2.34. The van der Waals surface area contributed by atoms with Crippen LogP contribution in [0.3, 0.4) is 0 Å². The predicted molar refractivity (Wildman–Crippen MR) is 119 cm³/mol. The lowest BCUT2D eigenvalue weighted by Crippen LogP contribution is -2.54. The molecule has 0 spiro atoms. The normalized spacial score (nSPS) is 16.4. The first-order valence-corrected chi connectivity index (χ1v) is 12.1. The van der Waals surface area contributed by atoms with E-state index >= 15 is 0 Å². The molecular formula is C16H22N8O2S3. The highest BCUT2D eigenvalue weighted by molar-refractivity contribution is 7.98. The van der Waals surface area contributed by atoms with Crippen molar-refractivity contribution in [1.29, 1.82) is 5.41 Å². The zero-order valence-corrected chi connectivity index (χ0v) is 18.1. The molecule has 0 saturated carbocycles. The van der Waals surface area contributed by atoms with Gasteiger partial charge in [0.15, 0.2) is 11.1 Å². The van der Waals surface area contributed by atoms with Crippen molar-refractivity contribution in [3.05, 3.63) is 41.4 Å². The number of rotatable bonds is 8. The van der Waals surface area contributed by atoms with Crippen LogP contribution in [-0.2, 0) is 16.0 Å². The fraction of sp³-hybridized carbons (Fsp3) is 0.312. The van der Waals surface area contributed by atoms with E-state index in [1.165, 1.54) is 11.3 Å². The van der Waals surface area contributed by atoms with Crippen molar-refractivity contribution in [2.45, 2.75) is 12.7 Å². The molecule has 13 heteroatoms. The Hall–Kier alpha value is -2.19. The molecule has 0 amide bonds. The van der Waals surface area contributed by atoms with E-state index in [0.29, 0.717) is 29.0 Å². The van der Waals surface area contributed by atoms with Crippen LogP contribution in [0.4, 0.5) is 10.8 Å². The Morgan fingerprint density at radius 3 is 2.86 bits per heavy atom. The van der Waals surface area contributed by atoms with Gasteiger partial charge in [-0.2, -0.15) is 20.2 Å². The summed E-state index contributed by atoms with van der Waals surface area (Å²) in [5.41, 5.74) is 9.99. The van der Waals surface area contributed by atoms with Crippen LogP contribution >= 0.6 is 23.1 Å². The molecule has 0 fully saturated rings. The average Bonchev–Trinajstić information content (AvgIpc) is 3.09. The largest absolute Gasteiger partial charge is 0.370 e. The topological polar surface area (TPSA) is 140 Å². The number of guanidine groups is 1. The zero-order valence-electron chi connectivity index (χ0n) is 15.7. The van der Waals surface area contributed by atoms with Crippen molar-refractivity contribution >= 4 is 55.9 Å². The highest BCUT2D eigenvalue weighted by atomic mass is 32.2. The highest BCUT2D eigenvalue weighted by Gasteiger charge is 2.30. The van der Waals surface area contributed by atoms with Gasteiger partial charge in [0, 0.05) is 29.1 Å². The predicted octanol–water partition coefficient (Wildman–Crippen LogP) is 1.63. The Kier molecular flexibility index (Phi) is 7.08. The summed E-state index contributed by atoms with van der Waals surface area (Å²) >= 11 is 3.01. The van der Waals surface area contributed by atoms with Gasteiger partial charge in [-0.1, -0.05) is 22.6 Å². The number of thiazole rings is 1. The van der Waals surface area contributed by atoms with Crippen LogP contribution in [0.15, 0.2) is 40.1 Å². The van der Waals surface area contributed by atoms with Crippen LogP contribution < -0.4 is 21.4 Å². The second-order valence-corrected chi connectivity index (χ2v) is 9.50. The van der Waals surface area contributed by atoms with Gasteiger partial charge in [0.2, 0.25) is 0 Å². The number of amidine groups is 1. The molecule has 29 heavy (non-hydrogen) atoms. The number of nitrogens with zero attached hydrogens (tertiary/aromatic N) is 4. The van der Waals surface area contributed by atoms with Gasteiger partial charge >= 0.3 is 10.2 Å². The maximum Gasteiger partial charge on any atom is 0.338 e. The molecule has 1 aliphatic heterocycles. The molecular weight excluding hydrogens is 432 g/mol. The molecule has 0 bridgehead atoms. The van der Waals surface area contributed by atoms with Gasteiger partial charge in [-0.05, 0) is 19.1 Å². The lowest BCUT2D eigenvalue weighted by atomic mass is 10.3. The molecule has 1 aromatic carbocycles. The first-order chi connectivity index (χ1) is 13.8. The SMILES string of the molecule is CC1=NS(=O)(=O)N(NCCSCc2csc(NC(=N)N)n2)CN1c1ccccc1. The minimum atomic E-state index is -3.75. The maximum atomic E-state index is 12.3. The van der Waals surface area contributed by atoms with E-state index in [-0.39, 0.29) is 12.6 Å². The summed E-state index contributed by atoms with van der Waals surface area (Å²) in [5, 5.41) is 12.3. The third-order valence-corrected chi connectivity index (χ3v) is 6.93. The van der Waals surface area contributed by atoms with Crippen molar-refractivity contribution in [3.63, 3.8) is 0 Å². The summed E-state index contributed by atoms with van der Waals surface area (Å²) in [4.78, 5) is 6.16. The van der Waals surface area contributed by atoms with Gasteiger partial charge in [-0.15, -0.1) is 15.7 Å². The summed E-state index contributed by atoms with van der Waals surface area (Å²) in [6, 6.07) is 9.53. The average molecular weight is 455 g/mol. The van der Waals surface area contributed by atoms with Crippen molar-refractivity contribution in [1.82, 2.24) is 14.8 Å². The van der Waals surface area contributed by atoms with Gasteiger partial charge in [-0.25, -0.2) is 10.4 Å². The van der Waals surface area contributed by atoms with Gasteiger partial charge in [0.05, 0.1) is 5.69 Å². The van der Waals surface area contributed by atoms with Crippen LogP contribution in [0.1, 0.15) is 12.6 Å². The van der Waals surface area contributed by atoms with Crippen molar-refractivity contribution in [2.24, 2.45) is 10.1 Å². The Balaban J connectivity index is 1.49. The summed E-state index contributed by atoms with van der Waals surface area (Å²) in [6.45, 7) is 2.29. The molecule has 10 nitrogen and oxygen atoms in total. The minimum absolute atomic E-state index is 0.145. The van der Waals surface area contributed by atoms with E-state index in [4.69, 9.17) is 11.1 Å². The molecule has 0 radical (unpaired) electrons.